The molecule has 1 heterocycles. The Hall–Kier alpha value is -6.39. The van der Waals surface area contributed by atoms with E-state index in [1.54, 1.807) is 55.9 Å². The second-order valence-corrected chi connectivity index (χ2v) is 13.9. The lowest BCUT2D eigenvalue weighted by Gasteiger charge is -2.34. The first-order valence-electron chi connectivity index (χ1n) is 17.8. The van der Waals surface area contributed by atoms with E-state index in [4.69, 9.17) is 9.84 Å². The third-order valence-electron chi connectivity index (χ3n) is 8.75. The van der Waals surface area contributed by atoms with Gasteiger partial charge in [-0.25, -0.2) is 8.78 Å². The van der Waals surface area contributed by atoms with Gasteiger partial charge in [0.25, 0.3) is 0 Å². The molecular formula is C45H40F2N4O4. The number of ether oxygens (including phenoxy) is 1. The first-order valence-corrected chi connectivity index (χ1v) is 17.8. The number of aliphatic hydroxyl groups excluding tert-OH is 1. The molecule has 1 atom stereocenters. The summed E-state index contributed by atoms with van der Waals surface area (Å²) >= 11 is 0. The number of aromatic nitrogens is 4. The van der Waals surface area contributed by atoms with Crippen molar-refractivity contribution in [2.24, 2.45) is 0 Å². The molecule has 0 bridgehead atoms. The fraction of sp³-hybridized carbons (Fsp3) is 0.178. The Balaban J connectivity index is 1.54. The molecule has 278 valence electrons. The second-order valence-electron chi connectivity index (χ2n) is 13.9. The van der Waals surface area contributed by atoms with E-state index in [0.29, 0.717) is 22.3 Å². The van der Waals surface area contributed by atoms with Crippen LogP contribution in [0.15, 0.2) is 152 Å². The van der Waals surface area contributed by atoms with E-state index < -0.39 is 47.1 Å². The van der Waals surface area contributed by atoms with E-state index in [1.165, 1.54) is 30.3 Å². The van der Waals surface area contributed by atoms with Crippen molar-refractivity contribution in [3.8, 4) is 0 Å². The number of hydrogen-bond donors (Lipinski definition) is 1. The minimum absolute atomic E-state index is 0.124. The lowest BCUT2D eigenvalue weighted by molar-refractivity contribution is -0.156. The molecule has 6 rings (SSSR count). The van der Waals surface area contributed by atoms with E-state index in [0.717, 1.165) is 16.7 Å². The van der Waals surface area contributed by atoms with Crippen molar-refractivity contribution in [2.75, 3.05) is 0 Å². The summed E-state index contributed by atoms with van der Waals surface area (Å²) in [5, 5.41) is 25.4. The van der Waals surface area contributed by atoms with Gasteiger partial charge in [-0.2, -0.15) is 0 Å². The molecule has 1 unspecified atom stereocenters. The summed E-state index contributed by atoms with van der Waals surface area (Å²) in [5.74, 6) is -2.00. The smallest absolute Gasteiger partial charge is 0.313 e. The highest BCUT2D eigenvalue weighted by atomic mass is 19.1. The number of halogens is 2. The van der Waals surface area contributed by atoms with Crippen molar-refractivity contribution in [2.45, 2.75) is 50.9 Å². The largest absolute Gasteiger partial charge is 0.460 e. The third-order valence-corrected chi connectivity index (χ3v) is 8.75. The van der Waals surface area contributed by atoms with E-state index >= 15 is 0 Å². The Kier molecular flexibility index (Phi) is 11.7. The molecule has 10 heteroatoms. The van der Waals surface area contributed by atoms with Crippen molar-refractivity contribution in [3.63, 3.8) is 0 Å². The van der Waals surface area contributed by atoms with Gasteiger partial charge in [0.2, 0.25) is 5.82 Å². The Morgan fingerprint density at radius 2 is 1.18 bits per heavy atom. The van der Waals surface area contributed by atoms with Crippen molar-refractivity contribution < 1.29 is 28.2 Å². The Bertz CT molecular complexity index is 2140. The summed E-state index contributed by atoms with van der Waals surface area (Å²) in [6, 6.07) is 40.9. The number of tetrazole rings is 1. The number of hydrogen-bond acceptors (Lipinski definition) is 7. The van der Waals surface area contributed by atoms with Crippen LogP contribution in [0.1, 0.15) is 67.3 Å². The second kappa shape index (κ2) is 16.7. The monoisotopic (exact) mass is 738 g/mol. The van der Waals surface area contributed by atoms with Crippen LogP contribution in [-0.4, -0.2) is 48.8 Å². The first-order chi connectivity index (χ1) is 26.4. The van der Waals surface area contributed by atoms with Gasteiger partial charge < -0.3 is 9.84 Å². The minimum atomic E-state index is -1.32. The van der Waals surface area contributed by atoms with Gasteiger partial charge in [0, 0.05) is 17.6 Å². The van der Waals surface area contributed by atoms with Crippen molar-refractivity contribution in [1.29, 1.82) is 0 Å². The van der Waals surface area contributed by atoms with Crippen LogP contribution in [0.25, 0.3) is 11.1 Å². The molecule has 1 aromatic heterocycles. The normalized spacial score (nSPS) is 12.3. The summed E-state index contributed by atoms with van der Waals surface area (Å²) in [7, 11) is 0. The van der Waals surface area contributed by atoms with Gasteiger partial charge in [-0.1, -0.05) is 127 Å². The maximum absolute atomic E-state index is 14.3. The van der Waals surface area contributed by atoms with Crippen LogP contribution >= 0.6 is 0 Å². The van der Waals surface area contributed by atoms with Gasteiger partial charge in [0.05, 0.1) is 6.10 Å². The number of aliphatic hydroxyl groups is 1. The molecule has 0 spiro atoms. The number of ketones is 1. The predicted molar refractivity (Wildman–Crippen MR) is 206 cm³/mol. The number of nitrogens with zero attached hydrogens (tertiary/aromatic N) is 4. The van der Waals surface area contributed by atoms with E-state index in [9.17, 15) is 23.5 Å². The molecule has 0 aliphatic carbocycles. The standard InChI is InChI=1S/C45H40F2N4O4/c1-44(2,3)55-41(54)30-39(53)29-38(52)27-28-40(42(31-19-23-36(46)24-20-31)32-21-25-37(47)26-22-32)43-48-50-51(49-43)45(33-13-7-4-8-14-33,34-15-9-5-10-16-34)35-17-11-6-12-18-35/h4-28,38,52H,29-30H2,1-3H3/b28-27+. The highest BCUT2D eigenvalue weighted by molar-refractivity contribution is 6.01. The number of Topliss-reactive ketones (excluding diaryl/α,β-unsaturated/α-hetero) is 1. The summed E-state index contributed by atoms with van der Waals surface area (Å²) < 4.78 is 33.8. The Morgan fingerprint density at radius 3 is 1.62 bits per heavy atom. The maximum Gasteiger partial charge on any atom is 0.313 e. The SMILES string of the molecule is CC(C)(C)OC(=O)CC(=O)CC(O)/C=C/C(=C(c1ccc(F)cc1)c1ccc(F)cc1)c1nnn(C(c2ccccc2)(c2ccccc2)c2ccccc2)n1. The molecule has 1 N–H and O–H groups in total. The molecule has 0 saturated heterocycles. The fourth-order valence-electron chi connectivity index (χ4n) is 6.45. The average Bonchev–Trinajstić information content (AvgIpc) is 3.65. The lowest BCUT2D eigenvalue weighted by atomic mass is 9.77. The highest BCUT2D eigenvalue weighted by Crippen LogP contribution is 2.40. The molecule has 6 aromatic rings. The van der Waals surface area contributed by atoms with Crippen molar-refractivity contribution >= 4 is 22.9 Å². The van der Waals surface area contributed by atoms with Crippen LogP contribution in [0.2, 0.25) is 0 Å². The zero-order valence-corrected chi connectivity index (χ0v) is 30.6. The van der Waals surface area contributed by atoms with Gasteiger partial charge in [0.1, 0.15) is 29.4 Å². The van der Waals surface area contributed by atoms with Gasteiger partial charge in [-0.05, 0) is 78.1 Å². The quantitative estimate of drug-likeness (QED) is 0.0550. The zero-order chi connectivity index (χ0) is 39.0. The molecule has 0 aliphatic rings. The van der Waals surface area contributed by atoms with Gasteiger partial charge >= 0.3 is 5.97 Å². The van der Waals surface area contributed by atoms with E-state index in [1.807, 2.05) is 91.0 Å². The lowest BCUT2D eigenvalue weighted by Crippen LogP contribution is -2.39. The van der Waals surface area contributed by atoms with Crippen LogP contribution in [0.4, 0.5) is 8.78 Å². The molecule has 55 heavy (non-hydrogen) atoms. The molecule has 0 saturated carbocycles. The molecule has 0 amide bonds. The average molecular weight is 739 g/mol. The van der Waals surface area contributed by atoms with Crippen LogP contribution in [0, 0.1) is 11.6 Å². The maximum atomic E-state index is 14.3. The van der Waals surface area contributed by atoms with Gasteiger partial charge in [-0.15, -0.1) is 15.0 Å². The minimum Gasteiger partial charge on any atom is -0.460 e. The van der Waals surface area contributed by atoms with Gasteiger partial charge in [-0.3, -0.25) is 9.59 Å². The molecule has 0 aliphatic heterocycles. The van der Waals surface area contributed by atoms with Crippen molar-refractivity contribution in [3.05, 3.63) is 197 Å². The molecule has 0 radical (unpaired) electrons. The molecular weight excluding hydrogens is 699 g/mol. The van der Waals surface area contributed by atoms with Crippen LogP contribution < -0.4 is 0 Å². The number of benzene rings is 5. The van der Waals surface area contributed by atoms with Crippen LogP contribution in [-0.2, 0) is 19.9 Å². The fourth-order valence-corrected chi connectivity index (χ4v) is 6.45. The number of esters is 1. The zero-order valence-electron chi connectivity index (χ0n) is 30.6. The Morgan fingerprint density at radius 1 is 0.727 bits per heavy atom. The molecule has 8 nitrogen and oxygen atoms in total. The first kappa shape index (κ1) is 38.3. The number of allylic oxidation sites excluding steroid dienone is 2. The number of carbonyl (C=O) groups excluding carboxylic acids is 2. The summed E-state index contributed by atoms with van der Waals surface area (Å²) in [6.07, 6.45) is 0.765. The van der Waals surface area contributed by atoms with E-state index in [2.05, 4.69) is 10.3 Å². The van der Waals surface area contributed by atoms with Crippen LogP contribution in [0.5, 0.6) is 0 Å². The third kappa shape index (κ3) is 9.05. The van der Waals surface area contributed by atoms with E-state index in [-0.39, 0.29) is 12.2 Å². The molecule has 5 aromatic carbocycles. The predicted octanol–water partition coefficient (Wildman–Crippen LogP) is 8.36. The highest BCUT2D eigenvalue weighted by Gasteiger charge is 2.41. The topological polar surface area (TPSA) is 107 Å². The summed E-state index contributed by atoms with van der Waals surface area (Å²) in [6.45, 7) is 5.11. The van der Waals surface area contributed by atoms with Crippen molar-refractivity contribution in [1.82, 2.24) is 20.2 Å². The van der Waals surface area contributed by atoms with Gasteiger partial charge in [0.15, 0.2) is 5.54 Å². The Labute approximate surface area is 318 Å². The molecule has 0 fully saturated rings. The summed E-state index contributed by atoms with van der Waals surface area (Å²) in [4.78, 5) is 26.7. The summed E-state index contributed by atoms with van der Waals surface area (Å²) in [5.41, 5.74) is 2.59. The van der Waals surface area contributed by atoms with Crippen LogP contribution in [0.3, 0.4) is 0 Å². The number of carbonyl (C=O) groups is 2. The number of rotatable bonds is 13.